The Labute approximate surface area is 85.8 Å². The van der Waals surface area contributed by atoms with Crippen molar-refractivity contribution >= 4 is 11.8 Å². The molecule has 0 aromatic rings. The third kappa shape index (κ3) is 2.04. The highest BCUT2D eigenvalue weighted by atomic mass is 32.2. The quantitative estimate of drug-likeness (QED) is 0.689. The molecule has 13 heavy (non-hydrogen) atoms. The first-order valence-electron chi connectivity index (χ1n) is 5.57. The van der Waals surface area contributed by atoms with E-state index in [1.54, 1.807) is 0 Å². The minimum atomic E-state index is 0.565. The summed E-state index contributed by atoms with van der Waals surface area (Å²) >= 11 is 2.07. The first-order chi connectivity index (χ1) is 6.29. The Bertz CT molecular complexity index is 171. The summed E-state index contributed by atoms with van der Waals surface area (Å²) in [6.45, 7) is 3.18. The van der Waals surface area contributed by atoms with Gasteiger partial charge in [-0.3, -0.25) is 0 Å². The lowest BCUT2D eigenvalue weighted by atomic mass is 9.80. The number of rotatable bonds is 5. The molecule has 0 spiro atoms. The van der Waals surface area contributed by atoms with Crippen molar-refractivity contribution in [1.82, 2.24) is 0 Å². The van der Waals surface area contributed by atoms with Gasteiger partial charge in [0.15, 0.2) is 0 Å². The first kappa shape index (κ1) is 9.85. The summed E-state index contributed by atoms with van der Waals surface area (Å²) in [5.74, 6) is 4.74. The van der Waals surface area contributed by atoms with Gasteiger partial charge in [-0.05, 0) is 61.0 Å². The third-order valence-electron chi connectivity index (χ3n) is 3.87. The van der Waals surface area contributed by atoms with Crippen LogP contribution in [0.4, 0.5) is 0 Å². The van der Waals surface area contributed by atoms with E-state index in [2.05, 4.69) is 18.7 Å². The Morgan fingerprint density at radius 2 is 2.08 bits per heavy atom. The van der Waals surface area contributed by atoms with Crippen LogP contribution in [0.1, 0.15) is 32.6 Å². The fraction of sp³-hybridized carbons (Fsp3) is 1.00. The summed E-state index contributed by atoms with van der Waals surface area (Å²) < 4.78 is 0. The van der Waals surface area contributed by atoms with Gasteiger partial charge in [-0.2, -0.15) is 11.8 Å². The maximum atomic E-state index is 5.92. The summed E-state index contributed by atoms with van der Waals surface area (Å²) in [7, 11) is 0. The lowest BCUT2D eigenvalue weighted by molar-refractivity contribution is 0.266. The highest BCUT2D eigenvalue weighted by molar-refractivity contribution is 7.99. The van der Waals surface area contributed by atoms with Crippen LogP contribution < -0.4 is 5.73 Å². The van der Waals surface area contributed by atoms with E-state index in [0.717, 1.165) is 18.4 Å². The van der Waals surface area contributed by atoms with Gasteiger partial charge in [-0.25, -0.2) is 0 Å². The van der Waals surface area contributed by atoms with Crippen molar-refractivity contribution in [2.75, 3.05) is 18.1 Å². The molecule has 2 fully saturated rings. The Morgan fingerprint density at radius 1 is 1.38 bits per heavy atom. The van der Waals surface area contributed by atoms with Crippen LogP contribution in [-0.2, 0) is 0 Å². The smallest absolute Gasteiger partial charge is 0.00200 e. The van der Waals surface area contributed by atoms with E-state index >= 15 is 0 Å². The van der Waals surface area contributed by atoms with Gasteiger partial charge in [0.1, 0.15) is 0 Å². The molecule has 2 aliphatic rings. The number of nitrogens with two attached hydrogens (primary N) is 1. The number of hydrogen-bond donors (Lipinski definition) is 1. The second-order valence-corrected chi connectivity index (χ2v) is 6.21. The summed E-state index contributed by atoms with van der Waals surface area (Å²) in [5.41, 5.74) is 6.49. The molecule has 2 aliphatic carbocycles. The topological polar surface area (TPSA) is 26.0 Å². The van der Waals surface area contributed by atoms with Gasteiger partial charge in [-0.15, -0.1) is 0 Å². The highest BCUT2D eigenvalue weighted by Gasteiger charge is 2.52. The maximum absolute atomic E-state index is 5.92. The molecule has 0 heterocycles. The second-order valence-electron chi connectivity index (χ2n) is 4.82. The van der Waals surface area contributed by atoms with Crippen LogP contribution in [0, 0.1) is 17.3 Å². The lowest BCUT2D eigenvalue weighted by Gasteiger charge is -2.29. The summed E-state index contributed by atoms with van der Waals surface area (Å²) in [4.78, 5) is 0. The number of thioether (sulfide) groups is 1. The zero-order valence-electron chi connectivity index (χ0n) is 8.59. The van der Waals surface area contributed by atoms with Crippen LogP contribution >= 0.6 is 11.8 Å². The fourth-order valence-electron chi connectivity index (χ4n) is 2.91. The highest BCUT2D eigenvalue weighted by Crippen LogP contribution is 2.60. The molecule has 0 aliphatic heterocycles. The number of fused-ring (bicyclic) bond motifs is 1. The molecule has 2 saturated carbocycles. The molecule has 2 N–H and O–H groups in total. The molecule has 2 heteroatoms. The van der Waals surface area contributed by atoms with E-state index < -0.39 is 0 Å². The van der Waals surface area contributed by atoms with Crippen molar-refractivity contribution in [1.29, 1.82) is 0 Å². The van der Waals surface area contributed by atoms with E-state index in [1.807, 2.05) is 0 Å². The van der Waals surface area contributed by atoms with Gasteiger partial charge in [0.2, 0.25) is 0 Å². The van der Waals surface area contributed by atoms with Crippen molar-refractivity contribution in [2.45, 2.75) is 32.6 Å². The van der Waals surface area contributed by atoms with Gasteiger partial charge >= 0.3 is 0 Å². The SMILES string of the molecule is CCSCCC1(CN)CC2CC2C1. The van der Waals surface area contributed by atoms with E-state index in [1.165, 1.54) is 37.2 Å². The van der Waals surface area contributed by atoms with Gasteiger partial charge < -0.3 is 5.73 Å². The zero-order chi connectivity index (χ0) is 9.31. The summed E-state index contributed by atoms with van der Waals surface area (Å²) in [6, 6.07) is 0. The van der Waals surface area contributed by atoms with Gasteiger partial charge in [0, 0.05) is 0 Å². The average Bonchev–Trinajstić information content (AvgIpc) is 2.76. The van der Waals surface area contributed by atoms with E-state index in [-0.39, 0.29) is 0 Å². The average molecular weight is 199 g/mol. The van der Waals surface area contributed by atoms with Crippen molar-refractivity contribution in [3.63, 3.8) is 0 Å². The molecule has 0 aromatic heterocycles. The third-order valence-corrected chi connectivity index (χ3v) is 4.77. The maximum Gasteiger partial charge on any atom is -0.00200 e. The van der Waals surface area contributed by atoms with Crippen molar-refractivity contribution in [2.24, 2.45) is 23.0 Å². The van der Waals surface area contributed by atoms with Crippen molar-refractivity contribution in [3.05, 3.63) is 0 Å². The molecule has 0 bridgehead atoms. The Hall–Kier alpha value is 0.310. The molecule has 76 valence electrons. The molecule has 0 radical (unpaired) electrons. The molecule has 1 nitrogen and oxygen atoms in total. The van der Waals surface area contributed by atoms with E-state index in [4.69, 9.17) is 5.73 Å². The predicted octanol–water partition coefficient (Wildman–Crippen LogP) is 2.50. The van der Waals surface area contributed by atoms with Crippen LogP contribution in [0.3, 0.4) is 0 Å². The van der Waals surface area contributed by atoms with Crippen molar-refractivity contribution < 1.29 is 0 Å². The Morgan fingerprint density at radius 3 is 2.62 bits per heavy atom. The van der Waals surface area contributed by atoms with E-state index in [0.29, 0.717) is 5.41 Å². The molecular formula is C11H21NS. The van der Waals surface area contributed by atoms with E-state index in [9.17, 15) is 0 Å². The summed E-state index contributed by atoms with van der Waals surface area (Å²) in [6.07, 6.45) is 5.77. The molecule has 2 atom stereocenters. The second kappa shape index (κ2) is 3.82. The van der Waals surface area contributed by atoms with Crippen molar-refractivity contribution in [3.8, 4) is 0 Å². The van der Waals surface area contributed by atoms with Gasteiger partial charge in [0.05, 0.1) is 0 Å². The monoisotopic (exact) mass is 199 g/mol. The van der Waals surface area contributed by atoms with Crippen LogP contribution in [-0.4, -0.2) is 18.1 Å². The summed E-state index contributed by atoms with van der Waals surface area (Å²) in [5, 5.41) is 0. The van der Waals surface area contributed by atoms with Crippen LogP contribution in [0.15, 0.2) is 0 Å². The van der Waals surface area contributed by atoms with Crippen LogP contribution in [0.5, 0.6) is 0 Å². The van der Waals surface area contributed by atoms with Gasteiger partial charge in [0.25, 0.3) is 0 Å². The minimum absolute atomic E-state index is 0.565. The Kier molecular flexibility index (Phi) is 2.89. The normalized spacial score (nSPS) is 42.0. The molecule has 2 unspecified atom stereocenters. The molecular weight excluding hydrogens is 178 g/mol. The number of hydrogen-bond acceptors (Lipinski definition) is 2. The molecule has 2 rings (SSSR count). The lowest BCUT2D eigenvalue weighted by Crippen LogP contribution is -2.29. The van der Waals surface area contributed by atoms with Crippen LogP contribution in [0.2, 0.25) is 0 Å². The predicted molar refractivity (Wildman–Crippen MR) is 59.9 cm³/mol. The standard InChI is InChI=1S/C11H21NS/c1-2-13-4-3-11(8-12)6-9-5-10(9)7-11/h9-10H,2-8,12H2,1H3. The molecule has 0 saturated heterocycles. The largest absolute Gasteiger partial charge is 0.330 e. The fourth-order valence-corrected chi connectivity index (χ4v) is 3.78. The van der Waals surface area contributed by atoms with Gasteiger partial charge in [-0.1, -0.05) is 6.92 Å². The minimum Gasteiger partial charge on any atom is -0.330 e. The first-order valence-corrected chi connectivity index (χ1v) is 6.73. The molecule has 0 aromatic carbocycles. The molecule has 0 amide bonds. The Balaban J connectivity index is 1.78. The van der Waals surface area contributed by atoms with Crippen LogP contribution in [0.25, 0.3) is 0 Å². The zero-order valence-corrected chi connectivity index (χ0v) is 9.41.